The number of unbranched alkanes of at least 4 members (excludes halogenated alkanes) is 1. The Morgan fingerprint density at radius 2 is 1.66 bits per heavy atom. The van der Waals surface area contributed by atoms with Crippen LogP contribution in [0.4, 0.5) is 0 Å². The minimum atomic E-state index is -3.24. The van der Waals surface area contributed by atoms with Gasteiger partial charge >= 0.3 is 5.97 Å². The van der Waals surface area contributed by atoms with Crippen LogP contribution in [-0.4, -0.2) is 62.0 Å². The average Bonchev–Trinajstić information content (AvgIpc) is 3.76. The molecule has 0 aromatic heterocycles. The number of ether oxygens (including phenoxy) is 1. The second-order valence-corrected chi connectivity index (χ2v) is 17.5. The molecule has 0 radical (unpaired) electrons. The highest BCUT2D eigenvalue weighted by atomic mass is 28.4. The van der Waals surface area contributed by atoms with E-state index in [0.717, 1.165) is 29.6 Å². The molecule has 2 aliphatic rings. The summed E-state index contributed by atoms with van der Waals surface area (Å²) in [5.74, 6) is -1.91. The SMILES string of the molecule is C=C[C@@H]1C[C@]1(NC(=O)[C@@H]1C[C@H](CC(C)(C)[Si](O)(c2ccccc2)c2ccccc2)CC[C@H]1C(=O)N(C)CCCC)C(=O)OC. The average molecular weight is 619 g/mol. The fourth-order valence-corrected chi connectivity index (χ4v) is 11.3. The monoisotopic (exact) mass is 618 g/mol. The van der Waals surface area contributed by atoms with Crippen LogP contribution in [0.2, 0.25) is 5.04 Å². The van der Waals surface area contributed by atoms with Crippen molar-refractivity contribution in [3.63, 3.8) is 0 Å². The summed E-state index contributed by atoms with van der Waals surface area (Å²) in [6.45, 7) is 10.9. The molecule has 8 heteroatoms. The van der Waals surface area contributed by atoms with Crippen LogP contribution in [0.15, 0.2) is 73.3 Å². The lowest BCUT2D eigenvalue weighted by atomic mass is 9.70. The van der Waals surface area contributed by atoms with E-state index in [9.17, 15) is 19.2 Å². The summed E-state index contributed by atoms with van der Waals surface area (Å²) in [7, 11) is -0.100. The van der Waals surface area contributed by atoms with Gasteiger partial charge in [0.1, 0.15) is 5.54 Å². The van der Waals surface area contributed by atoms with Crippen LogP contribution in [-0.2, 0) is 19.1 Å². The molecule has 238 valence electrons. The molecule has 0 spiro atoms. The first-order valence-electron chi connectivity index (χ1n) is 16.1. The molecule has 0 bridgehead atoms. The first-order chi connectivity index (χ1) is 20.9. The number of carbonyl (C=O) groups is 3. The van der Waals surface area contributed by atoms with E-state index in [2.05, 4.69) is 32.7 Å². The van der Waals surface area contributed by atoms with E-state index >= 15 is 0 Å². The number of amides is 2. The van der Waals surface area contributed by atoms with E-state index in [1.165, 1.54) is 7.11 Å². The topological polar surface area (TPSA) is 95.9 Å². The Hall–Kier alpha value is -3.23. The second-order valence-electron chi connectivity index (χ2n) is 13.5. The lowest BCUT2D eigenvalue weighted by Gasteiger charge is -2.45. The van der Waals surface area contributed by atoms with E-state index < -0.39 is 36.7 Å². The van der Waals surface area contributed by atoms with E-state index in [0.29, 0.717) is 32.2 Å². The normalized spacial score (nSPS) is 25.0. The molecule has 0 saturated heterocycles. The number of methoxy groups -OCH3 is 1. The van der Waals surface area contributed by atoms with Crippen LogP contribution in [0.3, 0.4) is 0 Å². The number of hydrogen-bond acceptors (Lipinski definition) is 5. The highest BCUT2D eigenvalue weighted by molar-refractivity contribution is 6.98. The standard InChI is InChI=1S/C36H50N2O5Si/c1-7-9-22-38(5)33(40)30-21-20-26(23-31(30)32(39)37-36(34(41)43-6)25-27(36)8-2)24-35(3,4)44(42,28-16-12-10-13-17-28)29-18-14-11-15-19-29/h8,10-19,26-27,30-31,42H,2,7,9,20-25H2,1,3-6H3,(H,37,39)/t26-,27-,30-,31-,36-/m1/s1. The first kappa shape index (κ1) is 33.7. The maximum atomic E-state index is 14.1. The number of carbonyl (C=O) groups excluding carboxylic acids is 3. The molecular weight excluding hydrogens is 568 g/mol. The minimum Gasteiger partial charge on any atom is -0.467 e. The number of nitrogens with one attached hydrogen (secondary N) is 1. The van der Waals surface area contributed by atoms with Gasteiger partial charge in [0.25, 0.3) is 8.32 Å². The Morgan fingerprint density at radius 3 is 2.16 bits per heavy atom. The van der Waals surface area contributed by atoms with Gasteiger partial charge in [-0.2, -0.15) is 0 Å². The predicted octanol–water partition coefficient (Wildman–Crippen LogP) is 4.43. The molecule has 5 atom stereocenters. The molecule has 7 nitrogen and oxygen atoms in total. The van der Waals surface area contributed by atoms with Crippen molar-refractivity contribution in [2.45, 2.75) is 76.3 Å². The van der Waals surface area contributed by atoms with Crippen molar-refractivity contribution in [2.24, 2.45) is 23.7 Å². The molecule has 0 heterocycles. The lowest BCUT2D eigenvalue weighted by molar-refractivity contribution is -0.149. The molecule has 2 aromatic rings. The molecule has 2 saturated carbocycles. The zero-order valence-corrected chi connectivity index (χ0v) is 28.1. The Balaban J connectivity index is 1.63. The van der Waals surface area contributed by atoms with Crippen LogP contribution in [0, 0.1) is 23.7 Å². The fourth-order valence-electron chi connectivity index (χ4n) is 7.49. The van der Waals surface area contributed by atoms with Crippen LogP contribution in [0.25, 0.3) is 0 Å². The van der Waals surface area contributed by atoms with Crippen molar-refractivity contribution in [3.8, 4) is 0 Å². The van der Waals surface area contributed by atoms with Gasteiger partial charge in [-0.1, -0.05) is 93.9 Å². The first-order valence-corrected chi connectivity index (χ1v) is 18.0. The van der Waals surface area contributed by atoms with Crippen molar-refractivity contribution in [3.05, 3.63) is 73.3 Å². The van der Waals surface area contributed by atoms with Crippen LogP contribution in [0.1, 0.15) is 65.7 Å². The molecule has 2 aliphatic carbocycles. The van der Waals surface area contributed by atoms with Crippen molar-refractivity contribution in [1.29, 1.82) is 0 Å². The summed E-state index contributed by atoms with van der Waals surface area (Å²) < 4.78 is 5.06. The quantitative estimate of drug-likeness (QED) is 0.197. The summed E-state index contributed by atoms with van der Waals surface area (Å²) in [4.78, 5) is 55.1. The lowest BCUT2D eigenvalue weighted by Crippen LogP contribution is -2.65. The number of rotatable bonds is 13. The van der Waals surface area contributed by atoms with Gasteiger partial charge in [0, 0.05) is 31.3 Å². The van der Waals surface area contributed by atoms with Gasteiger partial charge in [-0.15, -0.1) is 6.58 Å². The van der Waals surface area contributed by atoms with Crippen LogP contribution in [0.5, 0.6) is 0 Å². The van der Waals surface area contributed by atoms with E-state index in [4.69, 9.17) is 4.74 Å². The zero-order valence-electron chi connectivity index (χ0n) is 27.1. The van der Waals surface area contributed by atoms with Gasteiger partial charge in [-0.25, -0.2) is 4.79 Å². The highest BCUT2D eigenvalue weighted by Crippen LogP contribution is 2.49. The van der Waals surface area contributed by atoms with Crippen molar-refractivity contribution in [1.82, 2.24) is 10.2 Å². The second kappa shape index (κ2) is 13.8. The summed E-state index contributed by atoms with van der Waals surface area (Å²) in [6, 6.07) is 19.9. The van der Waals surface area contributed by atoms with Gasteiger partial charge in [0.2, 0.25) is 11.8 Å². The largest absolute Gasteiger partial charge is 0.467 e. The maximum absolute atomic E-state index is 14.1. The Bertz CT molecular complexity index is 1280. The molecule has 2 N–H and O–H groups in total. The third-order valence-corrected chi connectivity index (χ3v) is 14.7. The number of nitrogens with zero attached hydrogens (tertiary/aromatic N) is 1. The van der Waals surface area contributed by atoms with Crippen LogP contribution < -0.4 is 15.7 Å². The van der Waals surface area contributed by atoms with E-state index in [1.54, 1.807) is 11.0 Å². The molecule has 2 fully saturated rings. The van der Waals surface area contributed by atoms with Gasteiger partial charge in [0.15, 0.2) is 0 Å². The van der Waals surface area contributed by atoms with Gasteiger partial charge < -0.3 is 19.7 Å². The predicted molar refractivity (Wildman–Crippen MR) is 177 cm³/mol. The molecule has 0 unspecified atom stereocenters. The number of esters is 1. The third kappa shape index (κ3) is 6.57. The summed E-state index contributed by atoms with van der Waals surface area (Å²) in [5, 5.41) is 4.46. The van der Waals surface area contributed by atoms with Crippen molar-refractivity contribution < 1.29 is 23.9 Å². The van der Waals surface area contributed by atoms with Crippen molar-refractivity contribution in [2.75, 3.05) is 20.7 Å². The Kier molecular flexibility index (Phi) is 10.6. The van der Waals surface area contributed by atoms with E-state index in [1.807, 2.05) is 67.7 Å². The number of hydrogen-bond donors (Lipinski definition) is 2. The molecular formula is C36H50N2O5Si. The van der Waals surface area contributed by atoms with Gasteiger partial charge in [-0.05, 0) is 59.9 Å². The third-order valence-electron chi connectivity index (χ3n) is 10.2. The van der Waals surface area contributed by atoms with E-state index in [-0.39, 0.29) is 23.7 Å². The minimum absolute atomic E-state index is 0.0149. The highest BCUT2D eigenvalue weighted by Gasteiger charge is 2.62. The Labute approximate surface area is 264 Å². The maximum Gasteiger partial charge on any atom is 0.332 e. The summed E-state index contributed by atoms with van der Waals surface area (Å²) in [5.41, 5.74) is -1.12. The fraction of sp³-hybridized carbons (Fsp3) is 0.528. The molecule has 44 heavy (non-hydrogen) atoms. The zero-order chi connectivity index (χ0) is 32.1. The molecule has 4 rings (SSSR count). The smallest absolute Gasteiger partial charge is 0.332 e. The van der Waals surface area contributed by atoms with Crippen molar-refractivity contribution >= 4 is 36.5 Å². The molecule has 2 amide bonds. The van der Waals surface area contributed by atoms with Crippen LogP contribution >= 0.6 is 0 Å². The Morgan fingerprint density at radius 1 is 1.07 bits per heavy atom. The van der Waals surface area contributed by atoms with Gasteiger partial charge in [-0.3, -0.25) is 9.59 Å². The molecule has 0 aliphatic heterocycles. The van der Waals surface area contributed by atoms with Gasteiger partial charge in [0.05, 0.1) is 7.11 Å². The summed E-state index contributed by atoms with van der Waals surface area (Å²) in [6.07, 6.45) is 6.59. The number of benzene rings is 2. The molecule has 2 aromatic carbocycles. The summed E-state index contributed by atoms with van der Waals surface area (Å²) >= 11 is 0.